The maximum Gasteiger partial charge on any atom is 0.0378 e. The SMILES string of the molecule is Cc1c(NC2CC2)cccc1-c1ccncc1. The van der Waals surface area contributed by atoms with Gasteiger partial charge in [-0.15, -0.1) is 0 Å². The molecule has 1 fully saturated rings. The molecule has 0 atom stereocenters. The monoisotopic (exact) mass is 224 g/mol. The van der Waals surface area contributed by atoms with Crippen LogP contribution < -0.4 is 5.32 Å². The lowest BCUT2D eigenvalue weighted by molar-refractivity contribution is 1.15. The summed E-state index contributed by atoms with van der Waals surface area (Å²) >= 11 is 0. The Kier molecular flexibility index (Phi) is 2.56. The van der Waals surface area contributed by atoms with Crippen LogP contribution >= 0.6 is 0 Å². The molecule has 2 nitrogen and oxygen atoms in total. The molecular formula is C15H16N2. The van der Waals surface area contributed by atoms with Crippen molar-refractivity contribution in [2.45, 2.75) is 25.8 Å². The molecule has 0 radical (unpaired) electrons. The number of rotatable bonds is 3. The number of hydrogen-bond acceptors (Lipinski definition) is 2. The molecule has 2 aromatic rings. The van der Waals surface area contributed by atoms with Crippen molar-refractivity contribution in [3.63, 3.8) is 0 Å². The zero-order valence-electron chi connectivity index (χ0n) is 9.98. The Balaban J connectivity index is 1.99. The first-order chi connectivity index (χ1) is 8.34. The zero-order chi connectivity index (χ0) is 11.7. The van der Waals surface area contributed by atoms with Crippen LogP contribution in [0.5, 0.6) is 0 Å². The Morgan fingerprint density at radius 3 is 2.59 bits per heavy atom. The van der Waals surface area contributed by atoms with Crippen LogP contribution in [-0.2, 0) is 0 Å². The van der Waals surface area contributed by atoms with Crippen LogP contribution in [0.15, 0.2) is 42.7 Å². The maximum atomic E-state index is 4.07. The molecule has 86 valence electrons. The minimum absolute atomic E-state index is 0.696. The van der Waals surface area contributed by atoms with E-state index in [4.69, 9.17) is 0 Å². The van der Waals surface area contributed by atoms with Crippen LogP contribution in [0.4, 0.5) is 5.69 Å². The van der Waals surface area contributed by atoms with E-state index in [0.717, 1.165) is 0 Å². The summed E-state index contributed by atoms with van der Waals surface area (Å²) in [6.45, 7) is 2.18. The number of pyridine rings is 1. The Labute approximate surface area is 102 Å². The first-order valence-electron chi connectivity index (χ1n) is 6.11. The third kappa shape index (κ3) is 2.16. The van der Waals surface area contributed by atoms with Crippen LogP contribution in [-0.4, -0.2) is 11.0 Å². The van der Waals surface area contributed by atoms with E-state index in [0.29, 0.717) is 6.04 Å². The quantitative estimate of drug-likeness (QED) is 0.861. The van der Waals surface area contributed by atoms with Crippen LogP contribution in [0.25, 0.3) is 11.1 Å². The van der Waals surface area contributed by atoms with E-state index in [-0.39, 0.29) is 0 Å². The maximum absolute atomic E-state index is 4.07. The second-order valence-corrected chi connectivity index (χ2v) is 4.63. The summed E-state index contributed by atoms with van der Waals surface area (Å²) in [7, 11) is 0. The molecule has 1 aromatic carbocycles. The summed E-state index contributed by atoms with van der Waals surface area (Å²) < 4.78 is 0. The Morgan fingerprint density at radius 2 is 1.88 bits per heavy atom. The lowest BCUT2D eigenvalue weighted by Crippen LogP contribution is -2.03. The number of anilines is 1. The van der Waals surface area contributed by atoms with Crippen molar-refractivity contribution < 1.29 is 0 Å². The van der Waals surface area contributed by atoms with Gasteiger partial charge in [-0.25, -0.2) is 0 Å². The summed E-state index contributed by atoms with van der Waals surface area (Å²) in [5.74, 6) is 0. The van der Waals surface area contributed by atoms with Gasteiger partial charge in [0.2, 0.25) is 0 Å². The largest absolute Gasteiger partial charge is 0.382 e. The molecule has 0 aliphatic heterocycles. The first-order valence-corrected chi connectivity index (χ1v) is 6.11. The predicted octanol–water partition coefficient (Wildman–Crippen LogP) is 3.63. The van der Waals surface area contributed by atoms with Crippen molar-refractivity contribution in [2.24, 2.45) is 0 Å². The van der Waals surface area contributed by atoms with Gasteiger partial charge in [0.25, 0.3) is 0 Å². The number of nitrogens with one attached hydrogen (secondary N) is 1. The molecule has 0 spiro atoms. The van der Waals surface area contributed by atoms with Crippen molar-refractivity contribution in [3.05, 3.63) is 48.3 Å². The van der Waals surface area contributed by atoms with E-state index in [1.165, 1.54) is 35.2 Å². The summed E-state index contributed by atoms with van der Waals surface area (Å²) in [6, 6.07) is 11.3. The Bertz CT molecular complexity index is 516. The van der Waals surface area contributed by atoms with Gasteiger partial charge >= 0.3 is 0 Å². The van der Waals surface area contributed by atoms with Gasteiger partial charge in [0.05, 0.1) is 0 Å². The topological polar surface area (TPSA) is 24.9 Å². The number of hydrogen-bond donors (Lipinski definition) is 1. The average Bonchev–Trinajstić information content (AvgIpc) is 3.17. The molecule has 1 N–H and O–H groups in total. The van der Waals surface area contributed by atoms with Crippen molar-refractivity contribution in [1.82, 2.24) is 4.98 Å². The van der Waals surface area contributed by atoms with Gasteiger partial charge in [-0.3, -0.25) is 4.98 Å². The molecule has 1 aliphatic carbocycles. The second-order valence-electron chi connectivity index (χ2n) is 4.63. The summed E-state index contributed by atoms with van der Waals surface area (Å²) in [5.41, 5.74) is 5.11. The molecule has 1 saturated carbocycles. The van der Waals surface area contributed by atoms with E-state index >= 15 is 0 Å². The average molecular weight is 224 g/mol. The highest BCUT2D eigenvalue weighted by atomic mass is 15.0. The first kappa shape index (κ1) is 10.3. The van der Waals surface area contributed by atoms with Crippen molar-refractivity contribution in [3.8, 4) is 11.1 Å². The van der Waals surface area contributed by atoms with Gasteiger partial charge in [0, 0.05) is 24.1 Å². The van der Waals surface area contributed by atoms with Crippen LogP contribution in [0.3, 0.4) is 0 Å². The van der Waals surface area contributed by atoms with Gasteiger partial charge in [-0.1, -0.05) is 12.1 Å². The van der Waals surface area contributed by atoms with Crippen LogP contribution in [0.2, 0.25) is 0 Å². The highest BCUT2D eigenvalue weighted by Crippen LogP contribution is 2.31. The zero-order valence-corrected chi connectivity index (χ0v) is 9.98. The normalized spacial score (nSPS) is 14.6. The lowest BCUT2D eigenvalue weighted by Gasteiger charge is -2.12. The predicted molar refractivity (Wildman–Crippen MR) is 71.1 cm³/mol. The van der Waals surface area contributed by atoms with Gasteiger partial charge in [0.1, 0.15) is 0 Å². The molecule has 0 unspecified atom stereocenters. The van der Waals surface area contributed by atoms with Gasteiger partial charge in [-0.2, -0.15) is 0 Å². The van der Waals surface area contributed by atoms with Crippen LogP contribution in [0.1, 0.15) is 18.4 Å². The molecule has 17 heavy (non-hydrogen) atoms. The third-order valence-electron chi connectivity index (χ3n) is 3.26. The molecule has 1 aliphatic rings. The third-order valence-corrected chi connectivity index (χ3v) is 3.26. The molecule has 0 bridgehead atoms. The van der Waals surface area contributed by atoms with E-state index in [9.17, 15) is 0 Å². The summed E-state index contributed by atoms with van der Waals surface area (Å²) in [6.07, 6.45) is 6.30. The fourth-order valence-corrected chi connectivity index (χ4v) is 2.08. The van der Waals surface area contributed by atoms with Crippen molar-refractivity contribution in [1.29, 1.82) is 0 Å². The van der Waals surface area contributed by atoms with Crippen molar-refractivity contribution >= 4 is 5.69 Å². The van der Waals surface area contributed by atoms with Gasteiger partial charge in [0.15, 0.2) is 0 Å². The highest BCUT2D eigenvalue weighted by molar-refractivity contribution is 5.73. The molecule has 0 amide bonds. The molecule has 1 heterocycles. The number of nitrogens with zero attached hydrogens (tertiary/aromatic N) is 1. The summed E-state index contributed by atoms with van der Waals surface area (Å²) in [4.78, 5) is 4.07. The Morgan fingerprint density at radius 1 is 1.12 bits per heavy atom. The second kappa shape index (κ2) is 4.21. The molecule has 3 rings (SSSR count). The molecular weight excluding hydrogens is 208 g/mol. The number of aromatic nitrogens is 1. The summed E-state index contributed by atoms with van der Waals surface area (Å²) in [5, 5.41) is 3.58. The van der Waals surface area contributed by atoms with E-state index in [1.54, 1.807) is 0 Å². The van der Waals surface area contributed by atoms with E-state index < -0.39 is 0 Å². The minimum Gasteiger partial charge on any atom is -0.382 e. The fraction of sp³-hybridized carbons (Fsp3) is 0.267. The lowest BCUT2D eigenvalue weighted by atomic mass is 10.00. The highest BCUT2D eigenvalue weighted by Gasteiger charge is 2.21. The standard InChI is InChI=1S/C15H16N2/c1-11-14(12-7-9-16-10-8-12)3-2-4-15(11)17-13-5-6-13/h2-4,7-10,13,17H,5-6H2,1H3. The van der Waals surface area contributed by atoms with Gasteiger partial charge < -0.3 is 5.32 Å². The molecule has 0 saturated heterocycles. The van der Waals surface area contributed by atoms with Crippen molar-refractivity contribution in [2.75, 3.05) is 5.32 Å². The molecule has 1 aromatic heterocycles. The van der Waals surface area contributed by atoms with E-state index in [2.05, 4.69) is 47.6 Å². The number of benzene rings is 1. The smallest absolute Gasteiger partial charge is 0.0378 e. The van der Waals surface area contributed by atoms with Gasteiger partial charge in [-0.05, 0) is 54.7 Å². The fourth-order valence-electron chi connectivity index (χ4n) is 2.08. The molecule has 2 heteroatoms. The van der Waals surface area contributed by atoms with E-state index in [1.807, 2.05) is 12.4 Å². The van der Waals surface area contributed by atoms with Crippen LogP contribution in [0, 0.1) is 6.92 Å². The Hall–Kier alpha value is -1.83. The minimum atomic E-state index is 0.696.